The minimum atomic E-state index is -0.636. The van der Waals surface area contributed by atoms with E-state index in [1.165, 1.54) is 19.4 Å². The Bertz CT molecular complexity index is 639. The molecule has 2 aromatic rings. The zero-order chi connectivity index (χ0) is 14.0. The van der Waals surface area contributed by atoms with E-state index in [9.17, 15) is 9.59 Å². The Labute approximate surface area is 113 Å². The lowest BCUT2D eigenvalue weighted by Gasteiger charge is -2.11. The number of carbonyl (C=O) groups is 2. The summed E-state index contributed by atoms with van der Waals surface area (Å²) in [6.07, 6.45) is 3.05. The molecule has 2 rings (SSSR count). The van der Waals surface area contributed by atoms with Crippen molar-refractivity contribution < 1.29 is 9.59 Å². The number of nitrogens with one attached hydrogen (secondary N) is 2. The largest absolute Gasteiger partial charge is 0.396 e. The highest BCUT2D eigenvalue weighted by atomic mass is 32.1. The van der Waals surface area contributed by atoms with Crippen LogP contribution in [0.4, 0.5) is 5.69 Å². The molecule has 0 saturated heterocycles. The molecule has 19 heavy (non-hydrogen) atoms. The lowest BCUT2D eigenvalue weighted by atomic mass is 10.3. The predicted molar refractivity (Wildman–Crippen MR) is 72.8 cm³/mol. The van der Waals surface area contributed by atoms with Crippen molar-refractivity contribution in [3.8, 4) is 0 Å². The molecule has 8 heteroatoms. The third-order valence-corrected chi connectivity index (χ3v) is 3.66. The fraction of sp³-hybridized carbons (Fsp3) is 0.273. The predicted octanol–water partition coefficient (Wildman–Crippen LogP) is 0.138. The van der Waals surface area contributed by atoms with Crippen LogP contribution in [0.25, 0.3) is 10.3 Å². The topological polar surface area (TPSA) is 110 Å². The summed E-state index contributed by atoms with van der Waals surface area (Å²) in [5, 5.41) is 5.03. The number of thiophene rings is 1. The second-order valence-corrected chi connectivity index (χ2v) is 4.86. The Morgan fingerprint density at radius 2 is 2.05 bits per heavy atom. The van der Waals surface area contributed by atoms with Crippen molar-refractivity contribution in [3.05, 3.63) is 17.3 Å². The summed E-state index contributed by atoms with van der Waals surface area (Å²) >= 11 is 1.15. The van der Waals surface area contributed by atoms with E-state index in [-0.39, 0.29) is 11.6 Å². The molecule has 2 aromatic heterocycles. The zero-order valence-corrected chi connectivity index (χ0v) is 11.2. The average molecular weight is 279 g/mol. The summed E-state index contributed by atoms with van der Waals surface area (Å²) in [5.41, 5.74) is 6.66. The minimum absolute atomic E-state index is 0.274. The van der Waals surface area contributed by atoms with Crippen LogP contribution in [0.5, 0.6) is 0 Å². The van der Waals surface area contributed by atoms with Crippen LogP contribution in [0.3, 0.4) is 0 Å². The lowest BCUT2D eigenvalue weighted by molar-refractivity contribution is -0.122. The standard InChI is InChI=1S/C11H13N5O2S/c1-5(9(17)13-2)16-10(18)8-6(12)7-11(19-8)15-4-3-14-7/h3-5H,12H2,1-2H3,(H,13,17)(H,16,18). The Morgan fingerprint density at radius 3 is 2.68 bits per heavy atom. The molecule has 0 aliphatic heterocycles. The number of rotatable bonds is 3. The van der Waals surface area contributed by atoms with Gasteiger partial charge in [0.25, 0.3) is 5.91 Å². The van der Waals surface area contributed by atoms with Gasteiger partial charge in [-0.15, -0.1) is 11.3 Å². The maximum Gasteiger partial charge on any atom is 0.264 e. The molecule has 0 aromatic carbocycles. The van der Waals surface area contributed by atoms with Gasteiger partial charge >= 0.3 is 0 Å². The molecule has 7 nitrogen and oxygen atoms in total. The highest BCUT2D eigenvalue weighted by Crippen LogP contribution is 2.30. The quantitative estimate of drug-likeness (QED) is 0.740. The number of amides is 2. The van der Waals surface area contributed by atoms with Gasteiger partial charge in [0.15, 0.2) is 0 Å². The number of nitrogen functional groups attached to an aromatic ring is 1. The molecular weight excluding hydrogens is 266 g/mol. The third-order valence-electron chi connectivity index (χ3n) is 2.56. The number of hydrogen-bond donors (Lipinski definition) is 3. The Kier molecular flexibility index (Phi) is 3.61. The van der Waals surface area contributed by atoms with Crippen LogP contribution in [-0.4, -0.2) is 34.9 Å². The van der Waals surface area contributed by atoms with Crippen molar-refractivity contribution in [2.24, 2.45) is 0 Å². The molecular formula is C11H13N5O2S. The van der Waals surface area contributed by atoms with Gasteiger partial charge in [-0.05, 0) is 6.92 Å². The molecule has 0 fully saturated rings. The number of aromatic nitrogens is 2. The number of hydrogen-bond acceptors (Lipinski definition) is 6. The second kappa shape index (κ2) is 5.19. The zero-order valence-electron chi connectivity index (χ0n) is 10.4. The van der Waals surface area contributed by atoms with E-state index in [2.05, 4.69) is 20.6 Å². The van der Waals surface area contributed by atoms with Gasteiger partial charge in [-0.25, -0.2) is 9.97 Å². The van der Waals surface area contributed by atoms with Crippen molar-refractivity contribution in [2.75, 3.05) is 12.8 Å². The molecule has 2 amide bonds. The van der Waals surface area contributed by atoms with Gasteiger partial charge in [-0.2, -0.15) is 0 Å². The van der Waals surface area contributed by atoms with Gasteiger partial charge in [0, 0.05) is 19.4 Å². The second-order valence-electron chi connectivity index (χ2n) is 3.86. The van der Waals surface area contributed by atoms with Crippen LogP contribution in [0, 0.1) is 0 Å². The van der Waals surface area contributed by atoms with Crippen LogP contribution in [-0.2, 0) is 4.79 Å². The molecule has 2 heterocycles. The highest BCUT2D eigenvalue weighted by molar-refractivity contribution is 7.21. The van der Waals surface area contributed by atoms with E-state index in [4.69, 9.17) is 5.73 Å². The summed E-state index contributed by atoms with van der Waals surface area (Å²) < 4.78 is 0. The third kappa shape index (κ3) is 2.48. The Morgan fingerprint density at radius 1 is 1.37 bits per heavy atom. The number of carbonyl (C=O) groups excluding carboxylic acids is 2. The lowest BCUT2D eigenvalue weighted by Crippen LogP contribution is -2.43. The van der Waals surface area contributed by atoms with E-state index >= 15 is 0 Å². The van der Waals surface area contributed by atoms with Gasteiger partial charge in [-0.1, -0.05) is 0 Å². The van der Waals surface area contributed by atoms with Gasteiger partial charge < -0.3 is 16.4 Å². The van der Waals surface area contributed by atoms with E-state index in [1.54, 1.807) is 6.92 Å². The van der Waals surface area contributed by atoms with Crippen molar-refractivity contribution in [1.29, 1.82) is 0 Å². The summed E-state index contributed by atoms with van der Waals surface area (Å²) in [6, 6.07) is -0.636. The first kappa shape index (κ1) is 13.2. The van der Waals surface area contributed by atoms with Crippen molar-refractivity contribution >= 4 is 39.2 Å². The van der Waals surface area contributed by atoms with Gasteiger partial charge in [0.05, 0.1) is 5.69 Å². The molecule has 0 radical (unpaired) electrons. The molecule has 100 valence electrons. The fourth-order valence-electron chi connectivity index (χ4n) is 1.56. The molecule has 0 aliphatic rings. The van der Waals surface area contributed by atoms with Crippen LogP contribution in [0.15, 0.2) is 12.4 Å². The fourth-order valence-corrected chi connectivity index (χ4v) is 2.48. The van der Waals surface area contributed by atoms with Crippen LogP contribution >= 0.6 is 11.3 Å². The van der Waals surface area contributed by atoms with Gasteiger partial charge in [0.1, 0.15) is 21.3 Å². The SMILES string of the molecule is CNC(=O)C(C)NC(=O)c1sc2nccnc2c1N. The van der Waals surface area contributed by atoms with E-state index in [0.717, 1.165) is 11.3 Å². The maximum atomic E-state index is 12.0. The minimum Gasteiger partial charge on any atom is -0.396 e. The van der Waals surface area contributed by atoms with E-state index in [0.29, 0.717) is 15.2 Å². The molecule has 0 aliphatic carbocycles. The van der Waals surface area contributed by atoms with Crippen molar-refractivity contribution in [3.63, 3.8) is 0 Å². The molecule has 0 spiro atoms. The molecule has 0 bridgehead atoms. The normalized spacial score (nSPS) is 12.1. The van der Waals surface area contributed by atoms with Gasteiger partial charge in [0.2, 0.25) is 5.91 Å². The number of anilines is 1. The maximum absolute atomic E-state index is 12.0. The number of nitrogens with two attached hydrogens (primary N) is 1. The molecule has 1 atom stereocenters. The first-order chi connectivity index (χ1) is 9.04. The first-order valence-electron chi connectivity index (χ1n) is 5.56. The number of nitrogens with zero attached hydrogens (tertiary/aromatic N) is 2. The van der Waals surface area contributed by atoms with Crippen LogP contribution in [0.1, 0.15) is 16.6 Å². The van der Waals surface area contributed by atoms with Crippen LogP contribution in [0.2, 0.25) is 0 Å². The summed E-state index contributed by atoms with van der Waals surface area (Å²) in [6.45, 7) is 1.59. The number of fused-ring (bicyclic) bond motifs is 1. The summed E-state index contributed by atoms with van der Waals surface area (Å²) in [7, 11) is 1.51. The molecule has 4 N–H and O–H groups in total. The Hall–Kier alpha value is -2.22. The van der Waals surface area contributed by atoms with E-state index < -0.39 is 11.9 Å². The molecule has 1 unspecified atom stereocenters. The molecule has 0 saturated carbocycles. The van der Waals surface area contributed by atoms with Crippen molar-refractivity contribution in [1.82, 2.24) is 20.6 Å². The van der Waals surface area contributed by atoms with E-state index in [1.807, 2.05) is 0 Å². The first-order valence-corrected chi connectivity index (χ1v) is 6.37. The summed E-state index contributed by atoms with van der Waals surface area (Å²) in [4.78, 5) is 32.5. The van der Waals surface area contributed by atoms with Crippen LogP contribution < -0.4 is 16.4 Å². The van der Waals surface area contributed by atoms with Crippen molar-refractivity contribution in [2.45, 2.75) is 13.0 Å². The summed E-state index contributed by atoms with van der Waals surface area (Å²) in [5.74, 6) is -0.678. The van der Waals surface area contributed by atoms with Gasteiger partial charge in [-0.3, -0.25) is 9.59 Å². The monoisotopic (exact) mass is 279 g/mol. The number of likely N-dealkylation sites (N-methyl/N-ethyl adjacent to an activating group) is 1. The average Bonchev–Trinajstić information content (AvgIpc) is 2.75. The Balaban J connectivity index is 2.27. The smallest absolute Gasteiger partial charge is 0.264 e. The highest BCUT2D eigenvalue weighted by Gasteiger charge is 2.21.